The van der Waals surface area contributed by atoms with Crippen LogP contribution in [0.5, 0.6) is 5.75 Å². The Morgan fingerprint density at radius 3 is 2.56 bits per heavy atom. The molecule has 1 aromatic heterocycles. The summed E-state index contributed by atoms with van der Waals surface area (Å²) < 4.78 is 7.43. The fourth-order valence-corrected chi connectivity index (χ4v) is 4.58. The van der Waals surface area contributed by atoms with Gasteiger partial charge in [0.1, 0.15) is 5.75 Å². The minimum Gasteiger partial charge on any atom is -0.469 e. The van der Waals surface area contributed by atoms with Gasteiger partial charge in [-0.25, -0.2) is 0 Å². The molecule has 2 aliphatic rings. The molecular weight excluding hydrogens is 396 g/mol. The van der Waals surface area contributed by atoms with E-state index in [4.69, 9.17) is 4.74 Å². The largest absolute Gasteiger partial charge is 0.469 e. The second-order valence-electron chi connectivity index (χ2n) is 6.05. The van der Waals surface area contributed by atoms with E-state index >= 15 is 0 Å². The molecule has 2 aromatic carbocycles. The van der Waals surface area contributed by atoms with Gasteiger partial charge in [-0.3, -0.25) is 0 Å². The lowest BCUT2D eigenvalue weighted by molar-refractivity contribution is -0.0330. The SMILES string of the molecule is Brc1ccccc1C1Oc2ccccc2C2C=C(c3cccs3)NN21. The summed E-state index contributed by atoms with van der Waals surface area (Å²) in [5, 5.41) is 4.29. The van der Waals surface area contributed by atoms with E-state index < -0.39 is 0 Å². The number of rotatable bonds is 2. The van der Waals surface area contributed by atoms with Crippen molar-refractivity contribution in [3.8, 4) is 5.75 Å². The van der Waals surface area contributed by atoms with Gasteiger partial charge in [-0.15, -0.1) is 11.3 Å². The Labute approximate surface area is 158 Å². The Balaban J connectivity index is 1.62. The summed E-state index contributed by atoms with van der Waals surface area (Å²) in [6.07, 6.45) is 2.08. The van der Waals surface area contributed by atoms with Crippen LogP contribution in [0, 0.1) is 0 Å². The summed E-state index contributed by atoms with van der Waals surface area (Å²) >= 11 is 5.41. The highest BCUT2D eigenvalue weighted by Gasteiger charge is 2.40. The van der Waals surface area contributed by atoms with Gasteiger partial charge < -0.3 is 10.2 Å². The van der Waals surface area contributed by atoms with Crippen molar-refractivity contribution in [1.82, 2.24) is 10.4 Å². The number of benzene rings is 2. The first-order chi connectivity index (χ1) is 12.3. The van der Waals surface area contributed by atoms with Crippen LogP contribution in [-0.2, 0) is 0 Å². The molecule has 2 aliphatic heterocycles. The van der Waals surface area contributed by atoms with Crippen molar-refractivity contribution >= 4 is 33.0 Å². The third-order valence-corrected chi connectivity index (χ3v) is 6.19. The molecule has 0 spiro atoms. The average molecular weight is 411 g/mol. The number of ether oxygens (including phenoxy) is 1. The minimum absolute atomic E-state index is 0.138. The summed E-state index contributed by atoms with van der Waals surface area (Å²) in [4.78, 5) is 1.23. The van der Waals surface area contributed by atoms with Crippen LogP contribution in [0.2, 0.25) is 0 Å². The van der Waals surface area contributed by atoms with Gasteiger partial charge in [0.2, 0.25) is 0 Å². The van der Waals surface area contributed by atoms with Crippen LogP contribution in [-0.4, -0.2) is 5.01 Å². The standard InChI is InChI=1S/C20H15BrN2OS/c21-15-8-3-1-6-13(15)20-23-17(14-7-2-4-9-18(14)24-20)12-16(22-23)19-10-5-11-25-19/h1-12,17,20,22H. The molecule has 2 atom stereocenters. The molecule has 0 saturated heterocycles. The van der Waals surface area contributed by atoms with Crippen molar-refractivity contribution in [2.24, 2.45) is 0 Å². The summed E-state index contributed by atoms with van der Waals surface area (Å²) in [7, 11) is 0. The average Bonchev–Trinajstić information content (AvgIpc) is 3.31. The van der Waals surface area contributed by atoms with Crippen molar-refractivity contribution in [3.05, 3.63) is 92.6 Å². The molecule has 3 aromatic rings. The molecule has 25 heavy (non-hydrogen) atoms. The number of hydrazine groups is 1. The number of nitrogens with zero attached hydrogens (tertiary/aromatic N) is 1. The molecule has 0 aliphatic carbocycles. The molecule has 5 rings (SSSR count). The molecule has 3 nitrogen and oxygen atoms in total. The van der Waals surface area contributed by atoms with Crippen LogP contribution >= 0.6 is 27.3 Å². The van der Waals surface area contributed by atoms with Gasteiger partial charge in [0.15, 0.2) is 6.23 Å². The third kappa shape index (κ3) is 2.51. The third-order valence-electron chi connectivity index (χ3n) is 4.56. The predicted octanol–water partition coefficient (Wildman–Crippen LogP) is 5.50. The molecule has 5 heteroatoms. The molecule has 0 bridgehead atoms. The first-order valence-electron chi connectivity index (χ1n) is 8.12. The van der Waals surface area contributed by atoms with Crippen LogP contribution in [0.3, 0.4) is 0 Å². The number of halogens is 1. The van der Waals surface area contributed by atoms with Crippen molar-refractivity contribution in [2.45, 2.75) is 12.3 Å². The Hall–Kier alpha value is -2.08. The highest BCUT2D eigenvalue weighted by atomic mass is 79.9. The van der Waals surface area contributed by atoms with Gasteiger partial charge in [0, 0.05) is 15.6 Å². The van der Waals surface area contributed by atoms with Crippen LogP contribution in [0.1, 0.15) is 28.3 Å². The molecule has 0 saturated carbocycles. The zero-order valence-electron chi connectivity index (χ0n) is 13.2. The summed E-state index contributed by atoms with van der Waals surface area (Å²) in [5.74, 6) is 0.940. The minimum atomic E-state index is -0.204. The topological polar surface area (TPSA) is 24.5 Å². The van der Waals surface area contributed by atoms with Gasteiger partial charge in [-0.05, 0) is 29.7 Å². The van der Waals surface area contributed by atoms with Gasteiger partial charge in [-0.2, -0.15) is 5.01 Å². The zero-order chi connectivity index (χ0) is 16.8. The van der Waals surface area contributed by atoms with E-state index in [2.05, 4.69) is 74.2 Å². The maximum atomic E-state index is 6.38. The van der Waals surface area contributed by atoms with E-state index in [-0.39, 0.29) is 12.3 Å². The number of hydrogen-bond donors (Lipinski definition) is 1. The second kappa shape index (κ2) is 6.02. The second-order valence-corrected chi connectivity index (χ2v) is 7.85. The van der Waals surface area contributed by atoms with E-state index in [1.807, 2.05) is 24.3 Å². The summed E-state index contributed by atoms with van der Waals surface area (Å²) in [5.41, 5.74) is 7.00. The smallest absolute Gasteiger partial charge is 0.197 e. The van der Waals surface area contributed by atoms with Gasteiger partial charge in [0.05, 0.1) is 16.6 Å². The van der Waals surface area contributed by atoms with E-state index in [9.17, 15) is 0 Å². The number of nitrogens with one attached hydrogen (secondary N) is 1. The normalized spacial score (nSPS) is 21.7. The van der Waals surface area contributed by atoms with E-state index in [0.717, 1.165) is 21.5 Å². The first kappa shape index (κ1) is 15.2. The molecule has 0 fully saturated rings. The number of hydrogen-bond acceptors (Lipinski definition) is 4. The molecule has 0 radical (unpaired) electrons. The van der Waals surface area contributed by atoms with Crippen LogP contribution in [0.4, 0.5) is 0 Å². The van der Waals surface area contributed by atoms with E-state index in [0.29, 0.717) is 0 Å². The van der Waals surface area contributed by atoms with Gasteiger partial charge in [-0.1, -0.05) is 58.4 Å². The van der Waals surface area contributed by atoms with Crippen molar-refractivity contribution in [2.75, 3.05) is 0 Å². The lowest BCUT2D eigenvalue weighted by Gasteiger charge is -2.39. The van der Waals surface area contributed by atoms with Crippen LogP contribution in [0.15, 0.2) is 76.6 Å². The Morgan fingerprint density at radius 2 is 1.76 bits per heavy atom. The fraction of sp³-hybridized carbons (Fsp3) is 0.100. The molecule has 2 unspecified atom stereocenters. The Morgan fingerprint density at radius 1 is 0.960 bits per heavy atom. The monoisotopic (exact) mass is 410 g/mol. The van der Waals surface area contributed by atoms with Crippen LogP contribution < -0.4 is 10.2 Å². The molecule has 0 amide bonds. The number of thiophene rings is 1. The zero-order valence-corrected chi connectivity index (χ0v) is 15.6. The van der Waals surface area contributed by atoms with Gasteiger partial charge in [0.25, 0.3) is 0 Å². The van der Waals surface area contributed by atoms with Crippen molar-refractivity contribution < 1.29 is 4.74 Å². The van der Waals surface area contributed by atoms with Crippen molar-refractivity contribution in [3.63, 3.8) is 0 Å². The summed E-state index contributed by atoms with van der Waals surface area (Å²) in [6, 6.07) is 20.9. The molecule has 1 N–H and O–H groups in total. The maximum absolute atomic E-state index is 6.38. The van der Waals surface area contributed by atoms with E-state index in [1.165, 1.54) is 10.4 Å². The first-order valence-corrected chi connectivity index (χ1v) is 9.79. The Kier molecular flexibility index (Phi) is 3.66. The molecular formula is C20H15BrN2OS. The lowest BCUT2D eigenvalue weighted by Crippen LogP contribution is -2.43. The molecule has 124 valence electrons. The predicted molar refractivity (Wildman–Crippen MR) is 104 cm³/mol. The van der Waals surface area contributed by atoms with Crippen LogP contribution in [0.25, 0.3) is 5.70 Å². The quantitative estimate of drug-likeness (QED) is 0.602. The summed E-state index contributed by atoms with van der Waals surface area (Å²) in [6.45, 7) is 0. The number of fused-ring (bicyclic) bond motifs is 3. The molecule has 3 heterocycles. The number of para-hydroxylation sites is 1. The Bertz CT molecular complexity index is 954. The maximum Gasteiger partial charge on any atom is 0.197 e. The van der Waals surface area contributed by atoms with Gasteiger partial charge >= 0.3 is 0 Å². The highest BCUT2D eigenvalue weighted by molar-refractivity contribution is 9.10. The van der Waals surface area contributed by atoms with E-state index in [1.54, 1.807) is 11.3 Å². The lowest BCUT2D eigenvalue weighted by atomic mass is 10.0. The van der Waals surface area contributed by atoms with Crippen molar-refractivity contribution in [1.29, 1.82) is 0 Å². The highest BCUT2D eigenvalue weighted by Crippen LogP contribution is 2.47. The fourth-order valence-electron chi connectivity index (χ4n) is 3.40.